The lowest BCUT2D eigenvalue weighted by atomic mass is 10.6. The molecule has 0 aromatic rings. The van der Waals surface area contributed by atoms with Gasteiger partial charge < -0.3 is 10.6 Å². The van der Waals surface area contributed by atoms with Gasteiger partial charge in [-0.15, -0.1) is 13.2 Å². The monoisotopic (exact) mass is 284 g/mol. The Morgan fingerprint density at radius 2 is 1.28 bits per heavy atom. The summed E-state index contributed by atoms with van der Waals surface area (Å²) in [5.74, 6) is 0. The molecule has 0 aliphatic heterocycles. The lowest BCUT2D eigenvalue weighted by molar-refractivity contribution is 0.938. The lowest BCUT2D eigenvalue weighted by Crippen LogP contribution is -2.32. The summed E-state index contributed by atoms with van der Waals surface area (Å²) in [6, 6.07) is 0. The molecule has 0 rings (SSSR count). The van der Waals surface area contributed by atoms with Gasteiger partial charge >= 0.3 is 0 Å². The topological polar surface area (TPSA) is 72.8 Å². The zero-order valence-corrected chi connectivity index (χ0v) is 11.5. The fraction of sp³-hybridized carbons (Fsp3) is 0.200. The van der Waals surface area contributed by atoms with E-state index in [9.17, 15) is 0 Å². The van der Waals surface area contributed by atoms with Crippen molar-refractivity contribution in [2.75, 3.05) is 13.1 Å². The van der Waals surface area contributed by atoms with Gasteiger partial charge in [0.25, 0.3) is 0 Å². The highest BCUT2D eigenvalue weighted by Gasteiger charge is 1.88. The van der Waals surface area contributed by atoms with Crippen molar-refractivity contribution < 1.29 is 0 Å². The molecule has 98 valence electrons. The molecule has 4 N–H and O–H groups in total. The first-order valence-electron chi connectivity index (χ1n) is 5.05. The van der Waals surface area contributed by atoms with Crippen molar-refractivity contribution in [2.24, 2.45) is 10.2 Å². The van der Waals surface area contributed by atoms with E-state index in [1.807, 2.05) is 0 Å². The summed E-state index contributed by atoms with van der Waals surface area (Å²) in [5, 5.41) is 14.1. The third kappa shape index (κ3) is 10.7. The van der Waals surface area contributed by atoms with Crippen molar-refractivity contribution >= 4 is 47.1 Å². The third-order valence-corrected chi connectivity index (χ3v) is 1.83. The second-order valence-corrected chi connectivity index (χ2v) is 3.59. The summed E-state index contributed by atoms with van der Waals surface area (Å²) in [4.78, 5) is 0. The van der Waals surface area contributed by atoms with Crippen molar-refractivity contribution in [1.29, 1.82) is 0 Å². The van der Waals surface area contributed by atoms with Gasteiger partial charge in [-0.2, -0.15) is 10.2 Å². The Bertz CT molecular complexity index is 316. The van der Waals surface area contributed by atoms with Crippen LogP contribution in [0.5, 0.6) is 0 Å². The summed E-state index contributed by atoms with van der Waals surface area (Å²) in [6.45, 7) is 8.27. The Morgan fingerprint density at radius 3 is 1.61 bits per heavy atom. The molecule has 0 bridgehead atoms. The average molecular weight is 284 g/mol. The quantitative estimate of drug-likeness (QED) is 0.233. The van der Waals surface area contributed by atoms with E-state index in [1.165, 1.54) is 12.4 Å². The van der Waals surface area contributed by atoms with Crippen molar-refractivity contribution in [3.05, 3.63) is 25.3 Å². The normalized spacial score (nSPS) is 10.0. The molecule has 18 heavy (non-hydrogen) atoms. The summed E-state index contributed by atoms with van der Waals surface area (Å²) < 4.78 is 0. The van der Waals surface area contributed by atoms with Gasteiger partial charge in [-0.05, 0) is 24.4 Å². The predicted octanol–water partition coefficient (Wildman–Crippen LogP) is 0.258. The first kappa shape index (κ1) is 16.2. The fourth-order valence-electron chi connectivity index (χ4n) is 0.667. The highest BCUT2D eigenvalue weighted by atomic mass is 32.1. The molecule has 0 aromatic carbocycles. The Kier molecular flexibility index (Phi) is 10.5. The van der Waals surface area contributed by atoms with E-state index in [4.69, 9.17) is 24.4 Å². The van der Waals surface area contributed by atoms with Crippen molar-refractivity contribution in [2.45, 2.75) is 0 Å². The molecule has 0 aromatic heterocycles. The second kappa shape index (κ2) is 11.7. The average Bonchev–Trinajstić information content (AvgIpc) is 2.37. The van der Waals surface area contributed by atoms with Gasteiger partial charge in [0.2, 0.25) is 0 Å². The van der Waals surface area contributed by atoms with Gasteiger partial charge in [0.1, 0.15) is 0 Å². The van der Waals surface area contributed by atoms with Crippen molar-refractivity contribution in [3.63, 3.8) is 0 Å². The number of rotatable bonds is 7. The van der Waals surface area contributed by atoms with Crippen LogP contribution in [0.1, 0.15) is 0 Å². The molecule has 0 spiro atoms. The zero-order chi connectivity index (χ0) is 13.6. The van der Waals surface area contributed by atoms with Crippen LogP contribution >= 0.6 is 24.4 Å². The Hall–Kier alpha value is -1.80. The maximum Gasteiger partial charge on any atom is 0.187 e. The van der Waals surface area contributed by atoms with Crippen LogP contribution in [0.4, 0.5) is 0 Å². The van der Waals surface area contributed by atoms with Crippen LogP contribution in [-0.2, 0) is 0 Å². The van der Waals surface area contributed by atoms with Gasteiger partial charge in [-0.25, -0.2) is 0 Å². The van der Waals surface area contributed by atoms with Gasteiger partial charge in [0.05, 0.1) is 12.4 Å². The SMILES string of the molecule is C=CCNC(=S)N/N=C\C=N/NC(=S)NCC=C. The third-order valence-electron chi connectivity index (χ3n) is 1.36. The first-order chi connectivity index (χ1) is 8.70. The fourth-order valence-corrected chi connectivity index (χ4v) is 0.939. The maximum atomic E-state index is 4.90. The molecule has 0 unspecified atom stereocenters. The molecule has 0 saturated heterocycles. The molecular formula is C10H16N6S2. The molecule has 0 radical (unpaired) electrons. The number of nitrogens with zero attached hydrogens (tertiary/aromatic N) is 2. The lowest BCUT2D eigenvalue weighted by Gasteiger charge is -2.03. The molecular weight excluding hydrogens is 268 g/mol. The molecule has 0 aliphatic rings. The van der Waals surface area contributed by atoms with E-state index in [0.717, 1.165) is 0 Å². The van der Waals surface area contributed by atoms with E-state index >= 15 is 0 Å². The van der Waals surface area contributed by atoms with E-state index in [-0.39, 0.29) is 0 Å². The number of hydrogen-bond donors (Lipinski definition) is 4. The summed E-state index contributed by atoms with van der Waals surface area (Å²) in [5.41, 5.74) is 5.20. The van der Waals surface area contributed by atoms with E-state index in [1.54, 1.807) is 12.2 Å². The molecule has 0 heterocycles. The van der Waals surface area contributed by atoms with Gasteiger partial charge in [-0.1, -0.05) is 12.2 Å². The number of hydrogen-bond acceptors (Lipinski definition) is 4. The highest BCUT2D eigenvalue weighted by Crippen LogP contribution is 1.68. The molecule has 0 atom stereocenters. The minimum Gasteiger partial charge on any atom is -0.358 e. The zero-order valence-electron chi connectivity index (χ0n) is 9.85. The maximum absolute atomic E-state index is 4.90. The second-order valence-electron chi connectivity index (χ2n) is 2.78. The molecule has 0 saturated carbocycles. The van der Waals surface area contributed by atoms with Crippen LogP contribution in [0.15, 0.2) is 35.5 Å². The van der Waals surface area contributed by atoms with Crippen LogP contribution in [0.2, 0.25) is 0 Å². The smallest absolute Gasteiger partial charge is 0.187 e. The summed E-state index contributed by atoms with van der Waals surface area (Å²) in [7, 11) is 0. The molecule has 0 fully saturated rings. The van der Waals surface area contributed by atoms with Crippen LogP contribution < -0.4 is 21.5 Å². The van der Waals surface area contributed by atoms with Crippen LogP contribution in [0, 0.1) is 0 Å². The largest absolute Gasteiger partial charge is 0.358 e. The van der Waals surface area contributed by atoms with E-state index in [2.05, 4.69) is 44.8 Å². The Labute approximate surface area is 117 Å². The van der Waals surface area contributed by atoms with Crippen molar-refractivity contribution in [1.82, 2.24) is 21.5 Å². The van der Waals surface area contributed by atoms with Crippen LogP contribution in [0.3, 0.4) is 0 Å². The highest BCUT2D eigenvalue weighted by molar-refractivity contribution is 7.80. The minimum atomic E-state index is 0.413. The summed E-state index contributed by atoms with van der Waals surface area (Å²) >= 11 is 9.81. The van der Waals surface area contributed by atoms with Crippen molar-refractivity contribution in [3.8, 4) is 0 Å². The van der Waals surface area contributed by atoms with E-state index < -0.39 is 0 Å². The number of thiocarbonyl (C=S) groups is 2. The van der Waals surface area contributed by atoms with Gasteiger partial charge in [-0.3, -0.25) is 10.9 Å². The van der Waals surface area contributed by atoms with Gasteiger partial charge in [0, 0.05) is 13.1 Å². The molecule has 0 aliphatic carbocycles. The standard InChI is InChI=1S/C10H16N6S2/c1-3-5-11-9(17)15-13-7-8-14-16-10(18)12-6-4-2/h3-4,7-8H,1-2,5-6H2,(H2,11,15,17)(H2,12,16,18)/b13-7-,14-8-. The van der Waals surface area contributed by atoms with Crippen LogP contribution in [0.25, 0.3) is 0 Å². The molecule has 8 heteroatoms. The minimum absolute atomic E-state index is 0.413. The Morgan fingerprint density at radius 1 is 0.889 bits per heavy atom. The predicted molar refractivity (Wildman–Crippen MR) is 84.9 cm³/mol. The number of hydrazone groups is 2. The van der Waals surface area contributed by atoms with Crippen LogP contribution in [-0.4, -0.2) is 35.7 Å². The molecule has 0 amide bonds. The molecule has 6 nitrogen and oxygen atoms in total. The van der Waals surface area contributed by atoms with E-state index in [0.29, 0.717) is 23.3 Å². The Balaban J connectivity index is 3.68. The summed E-state index contributed by atoms with van der Waals surface area (Å²) in [6.07, 6.45) is 6.26. The first-order valence-corrected chi connectivity index (χ1v) is 5.86. The van der Waals surface area contributed by atoms with Gasteiger partial charge in [0.15, 0.2) is 10.2 Å². The number of nitrogens with one attached hydrogen (secondary N) is 4.